The van der Waals surface area contributed by atoms with Crippen molar-refractivity contribution in [2.75, 3.05) is 18.5 Å². The molecule has 2 rings (SSSR count). The number of benzene rings is 1. The van der Waals surface area contributed by atoms with Gasteiger partial charge in [-0.2, -0.15) is 5.26 Å². The zero-order chi connectivity index (χ0) is 13.0. The summed E-state index contributed by atoms with van der Waals surface area (Å²) < 4.78 is 23.6. The van der Waals surface area contributed by atoms with Crippen LogP contribution in [0, 0.1) is 17.1 Å². The highest BCUT2D eigenvalue weighted by Crippen LogP contribution is 2.27. The molecule has 0 radical (unpaired) electrons. The molecule has 1 aromatic carbocycles. The molecule has 0 aromatic heterocycles. The molecule has 0 unspecified atom stereocenters. The Kier molecular flexibility index (Phi) is 3.75. The Bertz CT molecular complexity index is 495. The first-order chi connectivity index (χ1) is 8.69. The Morgan fingerprint density at radius 1 is 1.61 bits per heavy atom. The quantitative estimate of drug-likeness (QED) is 0.878. The van der Waals surface area contributed by atoms with Crippen molar-refractivity contribution < 1.29 is 18.7 Å². The predicted octanol–water partition coefficient (Wildman–Crippen LogP) is 1.46. The molecule has 1 N–H and O–H groups in total. The zero-order valence-electron chi connectivity index (χ0n) is 9.48. The smallest absolute Gasteiger partial charge is 0.238 e. The molecule has 0 spiro atoms. The van der Waals surface area contributed by atoms with Crippen LogP contribution in [0.5, 0.6) is 5.75 Å². The van der Waals surface area contributed by atoms with Crippen molar-refractivity contribution in [1.29, 1.82) is 5.26 Å². The van der Waals surface area contributed by atoms with E-state index in [1.807, 2.05) is 0 Å². The molecule has 1 amide bonds. The molecule has 0 saturated carbocycles. The number of carbonyl (C=O) groups excluding carboxylic acids is 1. The van der Waals surface area contributed by atoms with Crippen LogP contribution in [0.4, 0.5) is 10.1 Å². The molecule has 1 heterocycles. The first-order valence-electron chi connectivity index (χ1n) is 5.40. The number of rotatable bonds is 4. The van der Waals surface area contributed by atoms with E-state index in [0.29, 0.717) is 19.0 Å². The van der Waals surface area contributed by atoms with Crippen LogP contribution in [0.15, 0.2) is 18.2 Å². The van der Waals surface area contributed by atoms with Crippen LogP contribution in [-0.4, -0.2) is 25.2 Å². The van der Waals surface area contributed by atoms with E-state index in [-0.39, 0.29) is 18.2 Å². The summed E-state index contributed by atoms with van der Waals surface area (Å²) in [6.07, 6.45) is -0.371. The van der Waals surface area contributed by atoms with Crippen molar-refractivity contribution in [1.82, 2.24) is 0 Å². The number of carbonyl (C=O) groups is 1. The fraction of sp³-hybridized carbons (Fsp3) is 0.333. The summed E-state index contributed by atoms with van der Waals surface area (Å²) in [5.74, 6) is -0.617. The lowest BCUT2D eigenvalue weighted by Gasteiger charge is -2.27. The van der Waals surface area contributed by atoms with Crippen LogP contribution in [0.25, 0.3) is 0 Å². The number of nitrogens with zero attached hydrogens (tertiary/aromatic N) is 1. The first-order valence-corrected chi connectivity index (χ1v) is 5.40. The molecule has 5 nitrogen and oxygen atoms in total. The highest BCUT2D eigenvalue weighted by Gasteiger charge is 2.21. The van der Waals surface area contributed by atoms with E-state index in [1.165, 1.54) is 12.1 Å². The predicted molar refractivity (Wildman–Crippen MR) is 60.5 cm³/mol. The van der Waals surface area contributed by atoms with Crippen molar-refractivity contribution >= 4 is 11.6 Å². The second-order valence-corrected chi connectivity index (χ2v) is 3.80. The van der Waals surface area contributed by atoms with Crippen LogP contribution >= 0.6 is 0 Å². The van der Waals surface area contributed by atoms with Gasteiger partial charge in [0.05, 0.1) is 25.0 Å². The molecular formula is C12H11FN2O3. The van der Waals surface area contributed by atoms with E-state index >= 15 is 0 Å². The maximum Gasteiger partial charge on any atom is 0.238 e. The van der Waals surface area contributed by atoms with Crippen molar-refractivity contribution in [3.05, 3.63) is 24.0 Å². The van der Waals surface area contributed by atoms with Gasteiger partial charge in [0.1, 0.15) is 24.1 Å². The molecule has 1 aromatic rings. The third kappa shape index (κ3) is 2.96. The Morgan fingerprint density at radius 3 is 3.00 bits per heavy atom. The second kappa shape index (κ2) is 5.47. The topological polar surface area (TPSA) is 71.4 Å². The molecule has 1 saturated heterocycles. The van der Waals surface area contributed by atoms with Crippen LogP contribution in [0.3, 0.4) is 0 Å². The van der Waals surface area contributed by atoms with Gasteiger partial charge in [-0.15, -0.1) is 0 Å². The molecule has 18 heavy (non-hydrogen) atoms. The number of nitriles is 1. The molecule has 1 aliphatic heterocycles. The van der Waals surface area contributed by atoms with Crippen molar-refractivity contribution in [3.8, 4) is 11.8 Å². The molecule has 1 aliphatic rings. The van der Waals surface area contributed by atoms with Gasteiger partial charge in [-0.3, -0.25) is 4.79 Å². The lowest BCUT2D eigenvalue weighted by atomic mass is 10.2. The molecule has 1 fully saturated rings. The number of halogens is 1. The third-order valence-corrected chi connectivity index (χ3v) is 2.36. The van der Waals surface area contributed by atoms with E-state index in [4.69, 9.17) is 14.7 Å². The lowest BCUT2D eigenvalue weighted by Crippen LogP contribution is -2.38. The average Bonchev–Trinajstić information content (AvgIpc) is 2.26. The number of ether oxygens (including phenoxy) is 2. The minimum absolute atomic E-state index is 0.0814. The summed E-state index contributed by atoms with van der Waals surface area (Å²) in [4.78, 5) is 11.3. The average molecular weight is 250 g/mol. The summed E-state index contributed by atoms with van der Waals surface area (Å²) in [7, 11) is 0. The van der Waals surface area contributed by atoms with Crippen LogP contribution in [0.1, 0.15) is 6.42 Å². The van der Waals surface area contributed by atoms with Crippen LogP contribution in [0.2, 0.25) is 0 Å². The Balaban J connectivity index is 2.12. The van der Waals surface area contributed by atoms with Gasteiger partial charge in [0, 0.05) is 6.07 Å². The summed E-state index contributed by atoms with van der Waals surface area (Å²) in [6, 6.07) is 5.56. The zero-order valence-corrected chi connectivity index (χ0v) is 9.48. The number of anilines is 1. The van der Waals surface area contributed by atoms with E-state index in [0.717, 1.165) is 6.07 Å². The van der Waals surface area contributed by atoms with E-state index in [9.17, 15) is 9.18 Å². The summed E-state index contributed by atoms with van der Waals surface area (Å²) in [5.41, 5.74) is 0.224. The van der Waals surface area contributed by atoms with Gasteiger partial charge in [-0.1, -0.05) is 0 Å². The van der Waals surface area contributed by atoms with Gasteiger partial charge in [0.25, 0.3) is 0 Å². The highest BCUT2D eigenvalue weighted by molar-refractivity contribution is 5.93. The fourth-order valence-corrected chi connectivity index (χ4v) is 1.43. The van der Waals surface area contributed by atoms with Gasteiger partial charge < -0.3 is 14.8 Å². The summed E-state index contributed by atoms with van der Waals surface area (Å²) in [6.45, 7) is 0.950. The van der Waals surface area contributed by atoms with Gasteiger partial charge in [0.15, 0.2) is 0 Å². The Hall–Kier alpha value is -2.13. The van der Waals surface area contributed by atoms with E-state index < -0.39 is 11.7 Å². The number of hydrogen-bond donors (Lipinski definition) is 1. The van der Waals surface area contributed by atoms with Crippen LogP contribution < -0.4 is 10.1 Å². The molecule has 6 heteroatoms. The Morgan fingerprint density at radius 2 is 2.39 bits per heavy atom. The monoisotopic (exact) mass is 250 g/mol. The first kappa shape index (κ1) is 12.3. The van der Waals surface area contributed by atoms with Gasteiger partial charge >= 0.3 is 0 Å². The summed E-state index contributed by atoms with van der Waals surface area (Å²) in [5, 5.41) is 10.8. The maximum atomic E-state index is 13.1. The lowest BCUT2D eigenvalue weighted by molar-refractivity contribution is -0.115. The summed E-state index contributed by atoms with van der Waals surface area (Å²) >= 11 is 0. The maximum absolute atomic E-state index is 13.1. The standard InChI is InChI=1S/C12H11FN2O3/c13-8-1-2-11(18-9-6-17-7-9)10(5-8)15-12(16)3-4-14/h1-2,5,9H,3,6-7H2,(H,15,16). The van der Waals surface area contributed by atoms with Gasteiger partial charge in [-0.05, 0) is 12.1 Å². The second-order valence-electron chi connectivity index (χ2n) is 3.80. The van der Waals surface area contributed by atoms with Gasteiger partial charge in [-0.25, -0.2) is 4.39 Å². The van der Waals surface area contributed by atoms with E-state index in [1.54, 1.807) is 6.07 Å². The molecule has 0 aliphatic carbocycles. The van der Waals surface area contributed by atoms with Crippen LogP contribution in [-0.2, 0) is 9.53 Å². The third-order valence-electron chi connectivity index (χ3n) is 2.36. The largest absolute Gasteiger partial charge is 0.483 e. The fourth-order valence-electron chi connectivity index (χ4n) is 1.43. The van der Waals surface area contributed by atoms with Gasteiger partial charge in [0.2, 0.25) is 5.91 Å². The van der Waals surface area contributed by atoms with Crippen molar-refractivity contribution in [3.63, 3.8) is 0 Å². The normalized spacial score (nSPS) is 14.4. The highest BCUT2D eigenvalue weighted by atomic mass is 19.1. The molecule has 94 valence electrons. The molecule has 0 atom stereocenters. The van der Waals surface area contributed by atoms with E-state index in [2.05, 4.69) is 5.32 Å². The Labute approximate surface area is 103 Å². The van der Waals surface area contributed by atoms with Crippen molar-refractivity contribution in [2.24, 2.45) is 0 Å². The number of nitrogens with one attached hydrogen (secondary N) is 1. The SMILES string of the molecule is N#CCC(=O)Nc1cc(F)ccc1OC1COC1. The minimum atomic E-state index is -0.502. The molecular weight excluding hydrogens is 239 g/mol. The minimum Gasteiger partial charge on any atom is -0.483 e. The number of amides is 1. The molecule has 0 bridgehead atoms. The van der Waals surface area contributed by atoms with Crippen molar-refractivity contribution in [2.45, 2.75) is 12.5 Å². The number of hydrogen-bond acceptors (Lipinski definition) is 4.